The molecule has 2 rings (SSSR count). The van der Waals surface area contributed by atoms with E-state index in [4.69, 9.17) is 9.26 Å². The molecule has 0 amide bonds. The van der Waals surface area contributed by atoms with E-state index < -0.39 is 0 Å². The topological polar surface area (TPSA) is 51.4 Å². The number of likely N-dealkylation sites (N-methyl/N-ethyl adjacent to an activating group) is 1. The van der Waals surface area contributed by atoms with E-state index >= 15 is 0 Å². The second kappa shape index (κ2) is 5.36. The van der Waals surface area contributed by atoms with Crippen molar-refractivity contribution in [1.82, 2.24) is 15.0 Å². The van der Waals surface area contributed by atoms with Crippen LogP contribution in [0.4, 0.5) is 0 Å². The van der Waals surface area contributed by atoms with Crippen molar-refractivity contribution in [2.24, 2.45) is 0 Å². The number of hydrogen-bond donors (Lipinski definition) is 0. The van der Waals surface area contributed by atoms with Gasteiger partial charge in [0.2, 0.25) is 5.89 Å². The van der Waals surface area contributed by atoms with Crippen molar-refractivity contribution in [3.63, 3.8) is 0 Å². The third-order valence-corrected chi connectivity index (χ3v) is 3.08. The van der Waals surface area contributed by atoms with Crippen molar-refractivity contribution < 1.29 is 9.26 Å². The summed E-state index contributed by atoms with van der Waals surface area (Å²) in [5.41, 5.74) is -0.0606. The Hall–Kier alpha value is -0.940. The van der Waals surface area contributed by atoms with Crippen LogP contribution in [0.5, 0.6) is 0 Å². The molecule has 0 bridgehead atoms. The highest BCUT2D eigenvalue weighted by atomic mass is 16.5. The molecule has 1 saturated heterocycles. The van der Waals surface area contributed by atoms with Gasteiger partial charge in [0, 0.05) is 18.6 Å². The molecule has 5 heteroatoms. The molecular formula is C13H23N3O2. The van der Waals surface area contributed by atoms with Crippen LogP contribution in [0, 0.1) is 0 Å². The van der Waals surface area contributed by atoms with Crippen LogP contribution < -0.4 is 0 Å². The van der Waals surface area contributed by atoms with E-state index in [1.165, 1.54) is 6.42 Å². The molecule has 1 atom stereocenters. The molecule has 0 radical (unpaired) electrons. The molecule has 0 unspecified atom stereocenters. The van der Waals surface area contributed by atoms with Gasteiger partial charge >= 0.3 is 0 Å². The largest absolute Gasteiger partial charge is 0.377 e. The third-order valence-electron chi connectivity index (χ3n) is 3.08. The second-order valence-electron chi connectivity index (χ2n) is 6.09. The van der Waals surface area contributed by atoms with Crippen LogP contribution in [-0.2, 0) is 16.7 Å². The van der Waals surface area contributed by atoms with Gasteiger partial charge in [-0.25, -0.2) is 0 Å². The van der Waals surface area contributed by atoms with Crippen LogP contribution in [0.25, 0.3) is 0 Å². The first-order chi connectivity index (χ1) is 8.45. The maximum absolute atomic E-state index is 5.61. The molecule has 0 saturated carbocycles. The van der Waals surface area contributed by atoms with Crippen LogP contribution in [0.1, 0.15) is 45.3 Å². The van der Waals surface area contributed by atoms with E-state index in [1.807, 2.05) is 0 Å². The fourth-order valence-corrected chi connectivity index (χ4v) is 2.06. The summed E-state index contributed by atoms with van der Waals surface area (Å²) in [4.78, 5) is 6.61. The maximum Gasteiger partial charge on any atom is 0.240 e. The number of ether oxygens (including phenoxy) is 1. The third kappa shape index (κ3) is 3.53. The van der Waals surface area contributed by atoms with E-state index in [9.17, 15) is 0 Å². The zero-order valence-electron chi connectivity index (χ0n) is 11.8. The zero-order valence-corrected chi connectivity index (χ0v) is 11.8. The molecule has 0 N–H and O–H groups in total. The minimum atomic E-state index is -0.0606. The molecule has 1 aliphatic rings. The molecule has 18 heavy (non-hydrogen) atoms. The van der Waals surface area contributed by atoms with Gasteiger partial charge in [0.25, 0.3) is 0 Å². The normalized spacial score (nSPS) is 20.8. The number of nitrogens with zero attached hydrogens (tertiary/aromatic N) is 3. The van der Waals surface area contributed by atoms with Crippen molar-refractivity contribution in [1.29, 1.82) is 0 Å². The fourth-order valence-electron chi connectivity index (χ4n) is 2.06. The lowest BCUT2D eigenvalue weighted by Crippen LogP contribution is -2.28. The first kappa shape index (κ1) is 13.5. The number of rotatable bonds is 4. The van der Waals surface area contributed by atoms with Crippen molar-refractivity contribution in [2.45, 2.75) is 51.7 Å². The fraction of sp³-hybridized carbons (Fsp3) is 0.846. The Kier molecular flexibility index (Phi) is 4.02. The summed E-state index contributed by atoms with van der Waals surface area (Å²) >= 11 is 0. The molecule has 1 aromatic heterocycles. The lowest BCUT2D eigenvalue weighted by atomic mass is 9.96. The number of hydrogen-bond acceptors (Lipinski definition) is 5. The molecule has 1 fully saturated rings. The van der Waals surface area contributed by atoms with Gasteiger partial charge < -0.3 is 9.26 Å². The second-order valence-corrected chi connectivity index (χ2v) is 6.09. The summed E-state index contributed by atoms with van der Waals surface area (Å²) in [6, 6.07) is 0. The molecule has 102 valence electrons. The van der Waals surface area contributed by atoms with Crippen LogP contribution in [0.2, 0.25) is 0 Å². The predicted octanol–water partition coefficient (Wildman–Crippen LogP) is 1.98. The Bertz CT molecular complexity index is 378. The van der Waals surface area contributed by atoms with Crippen molar-refractivity contribution >= 4 is 0 Å². The van der Waals surface area contributed by atoms with Gasteiger partial charge in [-0.2, -0.15) is 4.98 Å². The standard InChI is InChI=1S/C13H23N3O2/c1-13(2,3)12-14-11(18-15-12)9-16(4)8-10-6-5-7-17-10/h10H,5-9H2,1-4H3/t10-/m0/s1. The first-order valence-electron chi connectivity index (χ1n) is 6.58. The molecule has 0 aliphatic carbocycles. The summed E-state index contributed by atoms with van der Waals surface area (Å²) in [6.45, 7) is 8.75. The van der Waals surface area contributed by atoms with Crippen LogP contribution in [0.15, 0.2) is 4.52 Å². The van der Waals surface area contributed by atoms with Gasteiger partial charge in [0.05, 0.1) is 12.6 Å². The zero-order chi connectivity index (χ0) is 13.2. The highest BCUT2D eigenvalue weighted by molar-refractivity contribution is 4.99. The van der Waals surface area contributed by atoms with Crippen LogP contribution in [0.3, 0.4) is 0 Å². The summed E-state index contributed by atoms with van der Waals surface area (Å²) in [5.74, 6) is 1.45. The number of aromatic nitrogens is 2. The molecule has 1 aromatic rings. The Labute approximate surface area is 108 Å². The van der Waals surface area contributed by atoms with Crippen molar-refractivity contribution in [2.75, 3.05) is 20.2 Å². The summed E-state index contributed by atoms with van der Waals surface area (Å²) in [7, 11) is 2.06. The minimum absolute atomic E-state index is 0.0606. The highest BCUT2D eigenvalue weighted by Crippen LogP contribution is 2.19. The monoisotopic (exact) mass is 253 g/mol. The van der Waals surface area contributed by atoms with Gasteiger partial charge in [-0.15, -0.1) is 0 Å². The SMILES string of the molecule is CN(Cc1nc(C(C)(C)C)no1)C[C@@H]1CCCO1. The Balaban J connectivity index is 1.86. The van der Waals surface area contributed by atoms with Gasteiger partial charge in [0.15, 0.2) is 5.82 Å². The van der Waals surface area contributed by atoms with Gasteiger partial charge in [-0.1, -0.05) is 25.9 Å². The van der Waals surface area contributed by atoms with E-state index in [0.29, 0.717) is 18.5 Å². The van der Waals surface area contributed by atoms with Crippen molar-refractivity contribution in [3.8, 4) is 0 Å². The smallest absolute Gasteiger partial charge is 0.240 e. The highest BCUT2D eigenvalue weighted by Gasteiger charge is 2.22. The average molecular weight is 253 g/mol. The molecule has 0 aromatic carbocycles. The molecular weight excluding hydrogens is 230 g/mol. The quantitative estimate of drug-likeness (QED) is 0.821. The Morgan fingerprint density at radius 1 is 1.39 bits per heavy atom. The molecule has 2 heterocycles. The lowest BCUT2D eigenvalue weighted by molar-refractivity contribution is 0.0763. The summed E-state index contributed by atoms with van der Waals surface area (Å²) in [5, 5.41) is 4.03. The summed E-state index contributed by atoms with van der Waals surface area (Å²) < 4.78 is 10.9. The minimum Gasteiger partial charge on any atom is -0.377 e. The van der Waals surface area contributed by atoms with E-state index in [1.54, 1.807) is 0 Å². The van der Waals surface area contributed by atoms with E-state index in [-0.39, 0.29) is 5.41 Å². The molecule has 1 aliphatic heterocycles. The first-order valence-corrected chi connectivity index (χ1v) is 6.58. The van der Waals surface area contributed by atoms with Crippen LogP contribution >= 0.6 is 0 Å². The Morgan fingerprint density at radius 3 is 2.72 bits per heavy atom. The van der Waals surface area contributed by atoms with E-state index in [0.717, 1.165) is 25.4 Å². The average Bonchev–Trinajstić information content (AvgIpc) is 2.87. The van der Waals surface area contributed by atoms with E-state index in [2.05, 4.69) is 42.9 Å². The van der Waals surface area contributed by atoms with Crippen molar-refractivity contribution in [3.05, 3.63) is 11.7 Å². The predicted molar refractivity (Wildman–Crippen MR) is 68.3 cm³/mol. The summed E-state index contributed by atoms with van der Waals surface area (Å²) in [6.07, 6.45) is 2.69. The lowest BCUT2D eigenvalue weighted by Gasteiger charge is -2.18. The molecule has 5 nitrogen and oxygen atoms in total. The Morgan fingerprint density at radius 2 is 2.17 bits per heavy atom. The van der Waals surface area contributed by atoms with Gasteiger partial charge in [0.1, 0.15) is 0 Å². The van der Waals surface area contributed by atoms with Crippen LogP contribution in [-0.4, -0.2) is 41.3 Å². The molecule has 0 spiro atoms. The van der Waals surface area contributed by atoms with Gasteiger partial charge in [-0.05, 0) is 19.9 Å². The maximum atomic E-state index is 5.61. The van der Waals surface area contributed by atoms with Gasteiger partial charge in [-0.3, -0.25) is 4.90 Å².